The van der Waals surface area contributed by atoms with E-state index in [0.717, 1.165) is 17.1 Å². The summed E-state index contributed by atoms with van der Waals surface area (Å²) in [4.78, 5) is 4.47. The zero-order valence-electron chi connectivity index (χ0n) is 10.4. The average Bonchev–Trinajstić information content (AvgIpc) is 2.71. The zero-order valence-corrected chi connectivity index (χ0v) is 11.1. The second-order valence-electron chi connectivity index (χ2n) is 3.98. The van der Waals surface area contributed by atoms with E-state index in [1.165, 1.54) is 0 Å². The summed E-state index contributed by atoms with van der Waals surface area (Å²) < 4.78 is 7.02. The molecule has 0 fully saturated rings. The summed E-state index contributed by atoms with van der Waals surface area (Å²) in [6, 6.07) is 5.55. The number of methoxy groups -OCH3 is 1. The molecule has 1 heterocycles. The lowest BCUT2D eigenvalue weighted by Crippen LogP contribution is -1.99. The molecule has 1 N–H and O–H groups in total. The topological polar surface area (TPSA) is 47.3 Å². The summed E-state index contributed by atoms with van der Waals surface area (Å²) in [6.07, 6.45) is 2.46. The number of benzene rings is 1. The van der Waals surface area contributed by atoms with Crippen LogP contribution in [0, 0.1) is 0 Å². The van der Waals surface area contributed by atoms with E-state index >= 15 is 0 Å². The van der Waals surface area contributed by atoms with Crippen molar-refractivity contribution in [1.82, 2.24) is 9.55 Å². The number of hydrogen-bond donors (Lipinski definition) is 1. The second kappa shape index (κ2) is 5.42. The largest absolute Gasteiger partial charge is 0.495 e. The standard InChI is InChI=1S/C13H15ClN2O2/c1-16-8-11(15-13(16)5-6-17)9-3-4-12(18-2)10(14)7-9/h3-4,7-8,17H,5-6H2,1-2H3. The molecule has 0 aliphatic heterocycles. The van der Waals surface area contributed by atoms with Gasteiger partial charge in [0.2, 0.25) is 0 Å². The minimum Gasteiger partial charge on any atom is -0.495 e. The van der Waals surface area contributed by atoms with E-state index in [4.69, 9.17) is 21.4 Å². The quantitative estimate of drug-likeness (QED) is 0.924. The maximum Gasteiger partial charge on any atom is 0.137 e. The number of aliphatic hydroxyl groups excluding tert-OH is 1. The number of rotatable bonds is 4. The molecule has 2 rings (SSSR count). The third-order valence-electron chi connectivity index (χ3n) is 2.76. The van der Waals surface area contributed by atoms with Crippen molar-refractivity contribution in [3.63, 3.8) is 0 Å². The Hall–Kier alpha value is -1.52. The number of nitrogens with zero attached hydrogens (tertiary/aromatic N) is 2. The Morgan fingerprint density at radius 2 is 2.22 bits per heavy atom. The lowest BCUT2D eigenvalue weighted by Gasteiger charge is -2.03. The van der Waals surface area contributed by atoms with E-state index in [1.807, 2.05) is 36.0 Å². The Kier molecular flexibility index (Phi) is 3.89. The van der Waals surface area contributed by atoms with Crippen molar-refractivity contribution in [1.29, 1.82) is 0 Å². The predicted molar refractivity (Wildman–Crippen MR) is 71.0 cm³/mol. The molecule has 96 valence electrons. The van der Waals surface area contributed by atoms with Gasteiger partial charge in [-0.2, -0.15) is 0 Å². The van der Waals surface area contributed by atoms with Crippen LogP contribution in [0.2, 0.25) is 5.02 Å². The summed E-state index contributed by atoms with van der Waals surface area (Å²) in [5, 5.41) is 9.50. The number of aryl methyl sites for hydroxylation is 1. The van der Waals surface area contributed by atoms with Gasteiger partial charge in [-0.05, 0) is 18.2 Å². The molecule has 0 bridgehead atoms. The Bertz CT molecular complexity index is 552. The van der Waals surface area contributed by atoms with Crippen LogP contribution in [-0.2, 0) is 13.5 Å². The molecule has 5 heteroatoms. The van der Waals surface area contributed by atoms with Crippen molar-refractivity contribution >= 4 is 11.6 Å². The van der Waals surface area contributed by atoms with Crippen LogP contribution in [0.1, 0.15) is 5.82 Å². The van der Waals surface area contributed by atoms with Gasteiger partial charge in [-0.1, -0.05) is 11.6 Å². The van der Waals surface area contributed by atoms with Gasteiger partial charge < -0.3 is 14.4 Å². The molecule has 1 aromatic heterocycles. The second-order valence-corrected chi connectivity index (χ2v) is 4.38. The maximum atomic E-state index is 8.95. The van der Waals surface area contributed by atoms with E-state index in [1.54, 1.807) is 7.11 Å². The summed E-state index contributed by atoms with van der Waals surface area (Å²) in [6.45, 7) is 0.0909. The van der Waals surface area contributed by atoms with Gasteiger partial charge in [0.25, 0.3) is 0 Å². The molecule has 0 atom stereocenters. The van der Waals surface area contributed by atoms with Crippen LogP contribution < -0.4 is 4.74 Å². The minimum absolute atomic E-state index is 0.0909. The molecule has 0 aliphatic carbocycles. The molecular formula is C13H15ClN2O2. The van der Waals surface area contributed by atoms with Crippen LogP contribution in [0.15, 0.2) is 24.4 Å². The highest BCUT2D eigenvalue weighted by Gasteiger charge is 2.09. The van der Waals surface area contributed by atoms with Crippen molar-refractivity contribution < 1.29 is 9.84 Å². The van der Waals surface area contributed by atoms with E-state index in [2.05, 4.69) is 4.98 Å². The normalized spacial score (nSPS) is 10.7. The predicted octanol–water partition coefficient (Wildman–Crippen LogP) is 2.28. The van der Waals surface area contributed by atoms with Crippen molar-refractivity contribution in [2.24, 2.45) is 7.05 Å². The Balaban J connectivity index is 2.36. The third kappa shape index (κ3) is 2.49. The SMILES string of the molecule is COc1ccc(-c2cn(C)c(CCO)n2)cc1Cl. The monoisotopic (exact) mass is 266 g/mol. The first-order chi connectivity index (χ1) is 8.65. The van der Waals surface area contributed by atoms with Gasteiger partial charge in [0.05, 0.1) is 24.4 Å². The Labute approximate surface area is 111 Å². The molecule has 0 amide bonds. The van der Waals surface area contributed by atoms with Crippen LogP contribution in [-0.4, -0.2) is 28.4 Å². The van der Waals surface area contributed by atoms with Crippen LogP contribution in [0.5, 0.6) is 5.75 Å². The van der Waals surface area contributed by atoms with Gasteiger partial charge in [0.15, 0.2) is 0 Å². The van der Waals surface area contributed by atoms with E-state index in [9.17, 15) is 0 Å². The van der Waals surface area contributed by atoms with Crippen molar-refractivity contribution in [2.75, 3.05) is 13.7 Å². The first kappa shape index (κ1) is 12.9. The van der Waals surface area contributed by atoms with Crippen LogP contribution in [0.4, 0.5) is 0 Å². The molecule has 4 nitrogen and oxygen atoms in total. The lowest BCUT2D eigenvalue weighted by molar-refractivity contribution is 0.295. The number of hydrogen-bond acceptors (Lipinski definition) is 3. The minimum atomic E-state index is 0.0909. The number of aliphatic hydroxyl groups is 1. The van der Waals surface area contributed by atoms with Crippen LogP contribution in [0.3, 0.4) is 0 Å². The molecule has 2 aromatic rings. The molecule has 1 aromatic carbocycles. The maximum absolute atomic E-state index is 8.95. The van der Waals surface area contributed by atoms with Crippen LogP contribution >= 0.6 is 11.6 Å². The molecule has 0 radical (unpaired) electrons. The molecule has 0 unspecified atom stereocenters. The molecule has 0 spiro atoms. The lowest BCUT2D eigenvalue weighted by atomic mass is 10.1. The highest BCUT2D eigenvalue weighted by Crippen LogP contribution is 2.29. The van der Waals surface area contributed by atoms with E-state index in [-0.39, 0.29) is 6.61 Å². The van der Waals surface area contributed by atoms with Crippen molar-refractivity contribution in [3.05, 3.63) is 35.2 Å². The Morgan fingerprint density at radius 3 is 2.83 bits per heavy atom. The summed E-state index contributed by atoms with van der Waals surface area (Å²) >= 11 is 6.09. The van der Waals surface area contributed by atoms with Gasteiger partial charge in [0.1, 0.15) is 11.6 Å². The number of imidazole rings is 1. The Morgan fingerprint density at radius 1 is 1.44 bits per heavy atom. The molecule has 0 aliphatic rings. The first-order valence-electron chi connectivity index (χ1n) is 5.62. The number of aromatic nitrogens is 2. The van der Waals surface area contributed by atoms with Gasteiger partial charge in [0, 0.05) is 25.2 Å². The summed E-state index contributed by atoms with van der Waals surface area (Å²) in [5.41, 5.74) is 1.77. The number of ether oxygens (including phenoxy) is 1. The van der Waals surface area contributed by atoms with Gasteiger partial charge in [-0.25, -0.2) is 4.98 Å². The average molecular weight is 267 g/mol. The fourth-order valence-corrected chi connectivity index (χ4v) is 2.06. The molecular weight excluding hydrogens is 252 g/mol. The van der Waals surface area contributed by atoms with E-state index < -0.39 is 0 Å². The van der Waals surface area contributed by atoms with Crippen molar-refractivity contribution in [3.8, 4) is 17.0 Å². The molecule has 0 saturated heterocycles. The fourth-order valence-electron chi connectivity index (χ4n) is 1.80. The van der Waals surface area contributed by atoms with Crippen molar-refractivity contribution in [2.45, 2.75) is 6.42 Å². The van der Waals surface area contributed by atoms with Gasteiger partial charge in [-0.3, -0.25) is 0 Å². The number of halogens is 1. The van der Waals surface area contributed by atoms with E-state index in [0.29, 0.717) is 17.2 Å². The third-order valence-corrected chi connectivity index (χ3v) is 3.05. The first-order valence-corrected chi connectivity index (χ1v) is 6.00. The van der Waals surface area contributed by atoms with Crippen LogP contribution in [0.25, 0.3) is 11.3 Å². The zero-order chi connectivity index (χ0) is 13.1. The van der Waals surface area contributed by atoms with Gasteiger partial charge in [-0.15, -0.1) is 0 Å². The summed E-state index contributed by atoms with van der Waals surface area (Å²) in [7, 11) is 3.49. The summed E-state index contributed by atoms with van der Waals surface area (Å²) in [5.74, 6) is 1.49. The highest BCUT2D eigenvalue weighted by atomic mass is 35.5. The molecule has 18 heavy (non-hydrogen) atoms. The molecule has 0 saturated carbocycles. The van der Waals surface area contributed by atoms with Gasteiger partial charge >= 0.3 is 0 Å². The smallest absolute Gasteiger partial charge is 0.137 e. The highest BCUT2D eigenvalue weighted by molar-refractivity contribution is 6.32. The fraction of sp³-hybridized carbons (Fsp3) is 0.308.